The lowest BCUT2D eigenvalue weighted by atomic mass is 9.94. The van der Waals surface area contributed by atoms with Crippen molar-refractivity contribution in [2.45, 2.75) is 16.9 Å². The number of aliphatic imine (C=N–C) groups is 1. The van der Waals surface area contributed by atoms with Crippen molar-refractivity contribution >= 4 is 38.3 Å². The molecular weight excluding hydrogens is 358 g/mol. The minimum Gasteiger partial charge on any atom is -0.375 e. The maximum Gasteiger partial charge on any atom is 0.279 e. The molecule has 1 aliphatic rings. The topological polar surface area (TPSA) is 139 Å². The average molecular weight is 373 g/mol. The molecule has 2 aromatic rings. The third-order valence-electron chi connectivity index (χ3n) is 3.97. The number of nitrogens with one attached hydrogen (secondary N) is 1. The number of hydrogen-bond donors (Lipinski definition) is 3. The first-order chi connectivity index (χ1) is 12.2. The van der Waals surface area contributed by atoms with Gasteiger partial charge in [0.15, 0.2) is 5.60 Å². The monoisotopic (exact) mass is 373 g/mol. The van der Waals surface area contributed by atoms with Gasteiger partial charge in [0.25, 0.3) is 21.8 Å². The molecule has 1 aliphatic heterocycles. The van der Waals surface area contributed by atoms with Crippen molar-refractivity contribution in [3.63, 3.8) is 0 Å². The minimum absolute atomic E-state index is 0.0685. The van der Waals surface area contributed by atoms with Crippen molar-refractivity contribution in [3.8, 4) is 0 Å². The number of amides is 2. The Morgan fingerprint density at radius 1 is 1.15 bits per heavy atom. The maximum absolute atomic E-state index is 12.6. The second-order valence-electron chi connectivity index (χ2n) is 5.77. The van der Waals surface area contributed by atoms with Gasteiger partial charge in [-0.3, -0.25) is 14.6 Å². The Morgan fingerprint density at radius 2 is 1.85 bits per heavy atom. The highest BCUT2D eigenvalue weighted by atomic mass is 32.2. The van der Waals surface area contributed by atoms with Gasteiger partial charge in [0.1, 0.15) is 5.71 Å². The van der Waals surface area contributed by atoms with Crippen LogP contribution in [0.2, 0.25) is 0 Å². The van der Waals surface area contributed by atoms with Crippen molar-refractivity contribution in [3.05, 3.63) is 54.7 Å². The Morgan fingerprint density at radius 3 is 2.58 bits per heavy atom. The van der Waals surface area contributed by atoms with Crippen LogP contribution in [0.15, 0.2) is 64.6 Å². The van der Waals surface area contributed by atoms with Gasteiger partial charge in [-0.2, -0.15) is 0 Å². The van der Waals surface area contributed by atoms with E-state index in [-0.39, 0.29) is 10.6 Å². The van der Waals surface area contributed by atoms with Crippen LogP contribution >= 0.6 is 0 Å². The van der Waals surface area contributed by atoms with Crippen molar-refractivity contribution in [2.24, 2.45) is 10.7 Å². The first kappa shape index (κ1) is 17.8. The molecule has 0 aliphatic carbocycles. The summed E-state index contributed by atoms with van der Waals surface area (Å²) in [6, 6.07) is 11.5. The molecule has 2 amide bonds. The first-order valence-corrected chi connectivity index (χ1v) is 9.03. The van der Waals surface area contributed by atoms with E-state index in [1.54, 1.807) is 36.4 Å². The Balaban J connectivity index is 1.90. The SMILES string of the molecule is NC(=O)C1(O)C=CN=C(C(=O)NS(=O)(=O)c2cccc3ccccc23)C1. The normalized spacial score (nSPS) is 19.8. The third kappa shape index (κ3) is 3.22. The van der Waals surface area contributed by atoms with Gasteiger partial charge in [0, 0.05) is 18.0 Å². The highest BCUT2D eigenvalue weighted by Crippen LogP contribution is 2.23. The van der Waals surface area contributed by atoms with E-state index in [9.17, 15) is 23.1 Å². The molecule has 9 heteroatoms. The smallest absolute Gasteiger partial charge is 0.279 e. The summed E-state index contributed by atoms with van der Waals surface area (Å²) in [5.41, 5.74) is 2.69. The van der Waals surface area contributed by atoms with Gasteiger partial charge in [-0.25, -0.2) is 13.1 Å². The largest absolute Gasteiger partial charge is 0.375 e. The molecule has 0 saturated heterocycles. The Kier molecular flexibility index (Phi) is 4.34. The lowest BCUT2D eigenvalue weighted by molar-refractivity contribution is -0.131. The van der Waals surface area contributed by atoms with Gasteiger partial charge < -0.3 is 10.8 Å². The van der Waals surface area contributed by atoms with E-state index in [1.165, 1.54) is 6.07 Å². The molecule has 0 radical (unpaired) electrons. The Bertz CT molecular complexity index is 1070. The van der Waals surface area contributed by atoms with E-state index >= 15 is 0 Å². The predicted molar refractivity (Wildman–Crippen MR) is 94.6 cm³/mol. The summed E-state index contributed by atoms with van der Waals surface area (Å²) in [4.78, 5) is 27.3. The molecule has 1 unspecified atom stereocenters. The molecule has 26 heavy (non-hydrogen) atoms. The highest BCUT2D eigenvalue weighted by Gasteiger charge is 2.37. The highest BCUT2D eigenvalue weighted by molar-refractivity contribution is 7.90. The number of nitrogens with two attached hydrogens (primary N) is 1. The predicted octanol–water partition coefficient (Wildman–Crippen LogP) is 0.219. The van der Waals surface area contributed by atoms with Crippen LogP contribution in [0, 0.1) is 0 Å². The lowest BCUT2D eigenvalue weighted by Crippen LogP contribution is -2.48. The number of nitrogens with zero attached hydrogens (tertiary/aromatic N) is 1. The zero-order chi connectivity index (χ0) is 18.9. The Labute approximate surface area is 149 Å². The molecule has 0 bridgehead atoms. The average Bonchev–Trinajstić information content (AvgIpc) is 2.60. The number of rotatable bonds is 4. The van der Waals surface area contributed by atoms with Crippen LogP contribution in [0.25, 0.3) is 10.8 Å². The molecule has 4 N–H and O–H groups in total. The number of carbonyl (C=O) groups excluding carboxylic acids is 2. The fourth-order valence-corrected chi connectivity index (χ4v) is 3.79. The lowest BCUT2D eigenvalue weighted by Gasteiger charge is -2.23. The Hall–Kier alpha value is -3.04. The molecule has 0 saturated carbocycles. The summed E-state index contributed by atoms with van der Waals surface area (Å²) in [7, 11) is -4.20. The van der Waals surface area contributed by atoms with Crippen LogP contribution in [-0.4, -0.2) is 36.7 Å². The zero-order valence-electron chi connectivity index (χ0n) is 13.4. The van der Waals surface area contributed by atoms with Gasteiger partial charge in [-0.15, -0.1) is 0 Å². The molecule has 134 valence electrons. The van der Waals surface area contributed by atoms with Gasteiger partial charge in [0.2, 0.25) is 0 Å². The van der Waals surface area contributed by atoms with Gasteiger partial charge >= 0.3 is 0 Å². The molecule has 8 nitrogen and oxygen atoms in total. The molecule has 2 aromatic carbocycles. The van der Waals surface area contributed by atoms with Crippen molar-refractivity contribution in [1.82, 2.24) is 4.72 Å². The first-order valence-electron chi connectivity index (χ1n) is 7.54. The molecule has 1 atom stereocenters. The van der Waals surface area contributed by atoms with E-state index in [0.29, 0.717) is 10.8 Å². The fourth-order valence-electron chi connectivity index (χ4n) is 2.58. The van der Waals surface area contributed by atoms with E-state index in [2.05, 4.69) is 4.99 Å². The van der Waals surface area contributed by atoms with Crippen LogP contribution < -0.4 is 10.5 Å². The molecule has 0 aromatic heterocycles. The summed E-state index contributed by atoms with van der Waals surface area (Å²) in [6.07, 6.45) is 1.56. The zero-order valence-corrected chi connectivity index (χ0v) is 14.2. The molecular formula is C17H15N3O5S. The standard InChI is InChI=1S/C17H15N3O5S/c18-16(22)17(23)8-9-19-13(10-17)15(21)20-26(24,25)14-7-3-5-11-4-1-2-6-12(11)14/h1-9,23H,10H2,(H2,18,22)(H,20,21). The maximum atomic E-state index is 12.6. The molecule has 0 spiro atoms. The number of aliphatic hydroxyl groups is 1. The van der Waals surface area contributed by atoms with E-state index < -0.39 is 33.9 Å². The second-order valence-corrected chi connectivity index (χ2v) is 7.42. The van der Waals surface area contributed by atoms with E-state index in [4.69, 9.17) is 5.73 Å². The van der Waals surface area contributed by atoms with Gasteiger partial charge in [0.05, 0.1) is 4.90 Å². The van der Waals surface area contributed by atoms with Crippen LogP contribution in [0.3, 0.4) is 0 Å². The second kappa shape index (κ2) is 6.36. The van der Waals surface area contributed by atoms with Crippen LogP contribution in [-0.2, 0) is 19.6 Å². The molecule has 0 fully saturated rings. The summed E-state index contributed by atoms with van der Waals surface area (Å²) in [6.45, 7) is 0. The fraction of sp³-hybridized carbons (Fsp3) is 0.118. The number of sulfonamides is 1. The van der Waals surface area contributed by atoms with Crippen LogP contribution in [0.1, 0.15) is 6.42 Å². The third-order valence-corrected chi connectivity index (χ3v) is 5.36. The van der Waals surface area contributed by atoms with Crippen molar-refractivity contribution in [1.29, 1.82) is 0 Å². The molecule has 3 rings (SSSR count). The number of carbonyl (C=O) groups is 2. The van der Waals surface area contributed by atoms with Gasteiger partial charge in [-0.05, 0) is 17.5 Å². The quantitative estimate of drug-likeness (QED) is 0.703. The summed E-state index contributed by atoms with van der Waals surface area (Å²) < 4.78 is 27.2. The van der Waals surface area contributed by atoms with Crippen LogP contribution in [0.4, 0.5) is 0 Å². The molecule has 1 heterocycles. The van der Waals surface area contributed by atoms with E-state index in [1.807, 2.05) is 4.72 Å². The van der Waals surface area contributed by atoms with Crippen molar-refractivity contribution in [2.75, 3.05) is 0 Å². The summed E-state index contributed by atoms with van der Waals surface area (Å²) in [5.74, 6) is -2.10. The van der Waals surface area contributed by atoms with Crippen molar-refractivity contribution < 1.29 is 23.1 Å². The number of hydrogen-bond acceptors (Lipinski definition) is 6. The minimum atomic E-state index is -4.20. The number of primary amides is 1. The number of benzene rings is 2. The summed E-state index contributed by atoms with van der Waals surface area (Å²) >= 11 is 0. The van der Waals surface area contributed by atoms with Gasteiger partial charge in [-0.1, -0.05) is 36.4 Å². The van der Waals surface area contributed by atoms with E-state index in [0.717, 1.165) is 12.3 Å². The summed E-state index contributed by atoms with van der Waals surface area (Å²) in [5, 5.41) is 11.2. The van der Waals surface area contributed by atoms with Crippen LogP contribution in [0.5, 0.6) is 0 Å². The number of fused-ring (bicyclic) bond motifs is 1.